The van der Waals surface area contributed by atoms with Crippen LogP contribution in [0.4, 0.5) is 11.4 Å². The molecule has 2 nitrogen and oxygen atoms in total. The molecule has 0 fully saturated rings. The van der Waals surface area contributed by atoms with Crippen molar-refractivity contribution in [3.63, 3.8) is 0 Å². The van der Waals surface area contributed by atoms with E-state index in [1.165, 1.54) is 0 Å². The number of benzene rings is 1. The van der Waals surface area contributed by atoms with Crippen molar-refractivity contribution in [1.29, 1.82) is 0 Å². The first-order valence-corrected chi connectivity index (χ1v) is 3.14. The van der Waals surface area contributed by atoms with Crippen LogP contribution in [0.2, 0.25) is 0 Å². The summed E-state index contributed by atoms with van der Waals surface area (Å²) in [7, 11) is 0. The Hall–Kier alpha value is -1.40. The molecule has 1 aliphatic heterocycles. The molecule has 0 amide bonds. The highest BCUT2D eigenvalue weighted by Gasteiger charge is 2.02. The molecule has 2 bridgehead atoms. The molecule has 1 aromatic rings. The van der Waals surface area contributed by atoms with E-state index in [9.17, 15) is 0 Å². The molecule has 0 spiro atoms. The van der Waals surface area contributed by atoms with Gasteiger partial charge >= 0.3 is 0 Å². The predicted molar refractivity (Wildman–Crippen MR) is 40.4 cm³/mol. The van der Waals surface area contributed by atoms with Gasteiger partial charge in [0.15, 0.2) is 0 Å². The SMILES string of the molecule is Cc1c2cccc1N=C=N2. The fourth-order valence-corrected chi connectivity index (χ4v) is 0.987. The second kappa shape index (κ2) is 1.79. The molecule has 0 atom stereocenters. The standard InChI is InChI=1S/C8H6N2/c1-6-7-3-2-4-8(6)10-5-9-7/h2-4H,1H3. The Balaban J connectivity index is 2.83. The van der Waals surface area contributed by atoms with Gasteiger partial charge < -0.3 is 0 Å². The highest BCUT2D eigenvalue weighted by molar-refractivity contribution is 5.70. The summed E-state index contributed by atoms with van der Waals surface area (Å²) in [5, 5.41) is 0. The third-order valence-electron chi connectivity index (χ3n) is 1.62. The average Bonchev–Trinajstić information content (AvgIpc) is 1.86. The van der Waals surface area contributed by atoms with Crippen molar-refractivity contribution in [2.24, 2.45) is 9.98 Å². The Kier molecular flexibility index (Phi) is 0.965. The van der Waals surface area contributed by atoms with Gasteiger partial charge in [0.25, 0.3) is 0 Å². The highest BCUT2D eigenvalue weighted by Crippen LogP contribution is 2.29. The van der Waals surface area contributed by atoms with E-state index in [-0.39, 0.29) is 0 Å². The summed E-state index contributed by atoms with van der Waals surface area (Å²) < 4.78 is 0. The van der Waals surface area contributed by atoms with Crippen molar-refractivity contribution in [3.05, 3.63) is 23.8 Å². The maximum Gasteiger partial charge on any atom is 0.100 e. The number of nitrogens with zero attached hydrogens (tertiary/aromatic N) is 2. The third kappa shape index (κ3) is 0.598. The van der Waals surface area contributed by atoms with Crippen molar-refractivity contribution in [2.45, 2.75) is 6.92 Å². The van der Waals surface area contributed by atoms with Crippen molar-refractivity contribution >= 4 is 17.4 Å². The monoisotopic (exact) mass is 130 g/mol. The van der Waals surface area contributed by atoms with Crippen LogP contribution in [0.5, 0.6) is 0 Å². The van der Waals surface area contributed by atoms with Gasteiger partial charge in [-0.05, 0) is 19.1 Å². The van der Waals surface area contributed by atoms with Gasteiger partial charge in [-0.1, -0.05) is 6.07 Å². The first-order valence-electron chi connectivity index (χ1n) is 3.14. The van der Waals surface area contributed by atoms with Crippen LogP contribution in [0.1, 0.15) is 5.56 Å². The van der Waals surface area contributed by atoms with E-state index in [2.05, 4.69) is 16.0 Å². The van der Waals surface area contributed by atoms with Gasteiger partial charge in [-0.15, -0.1) is 0 Å². The Morgan fingerprint density at radius 3 is 2.30 bits per heavy atom. The minimum absolute atomic E-state index is 0.979. The van der Waals surface area contributed by atoms with E-state index >= 15 is 0 Å². The lowest BCUT2D eigenvalue weighted by molar-refractivity contribution is 1.33. The molecule has 0 N–H and O–H groups in total. The average molecular weight is 130 g/mol. The van der Waals surface area contributed by atoms with Gasteiger partial charge in [0.05, 0.1) is 11.4 Å². The van der Waals surface area contributed by atoms with Gasteiger partial charge in [0, 0.05) is 5.56 Å². The van der Waals surface area contributed by atoms with E-state index in [0.717, 1.165) is 16.9 Å². The summed E-state index contributed by atoms with van der Waals surface area (Å²) in [5.74, 6) is 0. The summed E-state index contributed by atoms with van der Waals surface area (Å²) in [6.45, 7) is 2.01. The number of hydrogen-bond donors (Lipinski definition) is 0. The minimum Gasteiger partial charge on any atom is -0.187 e. The topological polar surface area (TPSA) is 24.7 Å². The molecule has 1 heterocycles. The van der Waals surface area contributed by atoms with E-state index in [1.54, 1.807) is 0 Å². The van der Waals surface area contributed by atoms with E-state index < -0.39 is 0 Å². The molecule has 0 radical (unpaired) electrons. The van der Waals surface area contributed by atoms with Crippen molar-refractivity contribution in [3.8, 4) is 0 Å². The van der Waals surface area contributed by atoms with E-state index in [0.29, 0.717) is 0 Å². The number of aliphatic imine (C=N–C) groups is 2. The molecule has 0 saturated heterocycles. The summed E-state index contributed by atoms with van der Waals surface area (Å²) >= 11 is 0. The maximum atomic E-state index is 3.97. The van der Waals surface area contributed by atoms with Gasteiger partial charge in [-0.25, -0.2) is 0 Å². The van der Waals surface area contributed by atoms with E-state index in [1.807, 2.05) is 25.1 Å². The molecule has 10 heavy (non-hydrogen) atoms. The van der Waals surface area contributed by atoms with Crippen LogP contribution >= 0.6 is 0 Å². The fourth-order valence-electron chi connectivity index (χ4n) is 0.987. The largest absolute Gasteiger partial charge is 0.187 e. The smallest absolute Gasteiger partial charge is 0.100 e. The quantitative estimate of drug-likeness (QED) is 0.523. The molecular formula is C8H6N2. The zero-order valence-corrected chi connectivity index (χ0v) is 5.63. The van der Waals surface area contributed by atoms with Crippen molar-refractivity contribution in [1.82, 2.24) is 0 Å². The molecule has 2 rings (SSSR count). The maximum absolute atomic E-state index is 3.97. The zero-order chi connectivity index (χ0) is 6.97. The second-order valence-corrected chi connectivity index (χ2v) is 2.24. The van der Waals surface area contributed by atoms with Crippen LogP contribution < -0.4 is 0 Å². The first-order chi connectivity index (χ1) is 4.88. The second-order valence-electron chi connectivity index (χ2n) is 2.24. The molecule has 0 saturated carbocycles. The van der Waals surface area contributed by atoms with Crippen LogP contribution in [0.15, 0.2) is 28.2 Å². The molecule has 0 aromatic heterocycles. The van der Waals surface area contributed by atoms with Crippen molar-refractivity contribution in [2.75, 3.05) is 0 Å². The van der Waals surface area contributed by atoms with Crippen LogP contribution in [0.3, 0.4) is 0 Å². The Morgan fingerprint density at radius 2 is 1.80 bits per heavy atom. The normalized spacial score (nSPS) is 12.1. The zero-order valence-electron chi connectivity index (χ0n) is 5.63. The molecule has 2 heteroatoms. The Bertz CT molecular complexity index is 307. The lowest BCUT2D eigenvalue weighted by atomic mass is 10.1. The van der Waals surface area contributed by atoms with Gasteiger partial charge in [-0.3, -0.25) is 0 Å². The lowest BCUT2D eigenvalue weighted by Crippen LogP contribution is -1.79. The third-order valence-corrected chi connectivity index (χ3v) is 1.62. The van der Waals surface area contributed by atoms with Crippen LogP contribution in [-0.4, -0.2) is 6.01 Å². The molecular weight excluding hydrogens is 124 g/mol. The van der Waals surface area contributed by atoms with Crippen molar-refractivity contribution < 1.29 is 0 Å². The molecule has 0 aliphatic carbocycles. The highest BCUT2D eigenvalue weighted by atomic mass is 14.9. The fraction of sp³-hybridized carbons (Fsp3) is 0.125. The number of fused-ring (bicyclic) bond motifs is 2. The number of hydrogen-bond acceptors (Lipinski definition) is 2. The predicted octanol–water partition coefficient (Wildman–Crippen LogP) is 2.45. The summed E-state index contributed by atoms with van der Waals surface area (Å²) in [6.07, 6.45) is 0. The van der Waals surface area contributed by atoms with E-state index in [4.69, 9.17) is 0 Å². The van der Waals surface area contributed by atoms with Gasteiger partial charge in [0.2, 0.25) is 0 Å². The molecule has 48 valence electrons. The number of rotatable bonds is 0. The Morgan fingerprint density at radius 1 is 1.20 bits per heavy atom. The molecule has 1 aliphatic rings. The summed E-state index contributed by atoms with van der Waals surface area (Å²) in [4.78, 5) is 7.93. The van der Waals surface area contributed by atoms with Gasteiger partial charge in [0.1, 0.15) is 6.01 Å². The van der Waals surface area contributed by atoms with Crippen LogP contribution in [0.25, 0.3) is 0 Å². The summed E-state index contributed by atoms with van der Waals surface area (Å²) in [6, 6.07) is 8.46. The summed E-state index contributed by atoms with van der Waals surface area (Å²) in [5.41, 5.74) is 3.10. The Labute approximate surface area is 58.9 Å². The van der Waals surface area contributed by atoms with Gasteiger partial charge in [-0.2, -0.15) is 9.98 Å². The van der Waals surface area contributed by atoms with Crippen LogP contribution in [-0.2, 0) is 0 Å². The molecule has 0 unspecified atom stereocenters. The first kappa shape index (κ1) is 5.39. The van der Waals surface area contributed by atoms with Crippen LogP contribution in [0, 0.1) is 6.92 Å². The minimum atomic E-state index is 0.979. The lowest BCUT2D eigenvalue weighted by Gasteiger charge is -2.03. The molecule has 1 aromatic carbocycles.